The van der Waals surface area contributed by atoms with Gasteiger partial charge in [-0.15, -0.1) is 0 Å². The second-order valence-corrected chi connectivity index (χ2v) is 11.3. The Kier molecular flexibility index (Phi) is 6.90. The Hall–Kier alpha value is -2.98. The number of rotatable bonds is 8. The number of nitrogens with zero attached hydrogens (tertiary/aromatic N) is 2. The Bertz CT molecular complexity index is 1350. The number of sulfone groups is 1. The average Bonchev–Trinajstić information content (AvgIpc) is 3.35. The van der Waals surface area contributed by atoms with E-state index in [1.807, 2.05) is 39.0 Å². The Morgan fingerprint density at radius 1 is 1.21 bits per heavy atom. The molecule has 34 heavy (non-hydrogen) atoms. The molecule has 2 heterocycles. The van der Waals surface area contributed by atoms with Crippen LogP contribution in [0.2, 0.25) is 0 Å². The van der Waals surface area contributed by atoms with Gasteiger partial charge in [0.1, 0.15) is 5.75 Å². The lowest BCUT2D eigenvalue weighted by atomic mass is 10.1. The van der Waals surface area contributed by atoms with E-state index < -0.39 is 15.7 Å². The van der Waals surface area contributed by atoms with Gasteiger partial charge in [0.2, 0.25) is 11.8 Å². The topological polar surface area (TPSA) is 106 Å². The van der Waals surface area contributed by atoms with Crippen molar-refractivity contribution in [1.29, 1.82) is 0 Å². The molecule has 0 unspecified atom stereocenters. The molecule has 1 aliphatic heterocycles. The zero-order chi connectivity index (χ0) is 24.5. The van der Waals surface area contributed by atoms with E-state index in [1.54, 1.807) is 17.0 Å². The van der Waals surface area contributed by atoms with Crippen molar-refractivity contribution in [2.24, 2.45) is 0 Å². The summed E-state index contributed by atoms with van der Waals surface area (Å²) in [7, 11) is -3.66. The maximum atomic E-state index is 12.9. The first-order valence-corrected chi connectivity index (χ1v) is 13.7. The number of carbonyl (C=O) groups excluding carboxylic acids is 2. The van der Waals surface area contributed by atoms with Crippen molar-refractivity contribution in [3.05, 3.63) is 42.0 Å². The second-order valence-electron chi connectivity index (χ2n) is 8.16. The number of benzene rings is 2. The van der Waals surface area contributed by atoms with Crippen LogP contribution in [0.4, 0.5) is 10.8 Å². The van der Waals surface area contributed by atoms with Gasteiger partial charge in [0.25, 0.3) is 0 Å². The summed E-state index contributed by atoms with van der Waals surface area (Å²) >= 11 is 1.31. The number of thiazole rings is 1. The number of carbonyl (C=O) groups is 2. The summed E-state index contributed by atoms with van der Waals surface area (Å²) in [6, 6.07) is 10.3. The molecular weight excluding hydrogens is 474 g/mol. The fourth-order valence-electron chi connectivity index (χ4n) is 4.09. The van der Waals surface area contributed by atoms with Crippen molar-refractivity contribution < 1.29 is 22.7 Å². The van der Waals surface area contributed by atoms with Gasteiger partial charge in [-0.25, -0.2) is 13.4 Å². The van der Waals surface area contributed by atoms with Crippen molar-refractivity contribution in [3.8, 4) is 5.75 Å². The van der Waals surface area contributed by atoms with Crippen LogP contribution in [0.1, 0.15) is 39.2 Å². The normalized spacial score (nSPS) is 15.4. The van der Waals surface area contributed by atoms with Gasteiger partial charge in [0, 0.05) is 24.6 Å². The number of hydrogen-bond donors (Lipinski definition) is 1. The summed E-state index contributed by atoms with van der Waals surface area (Å²) in [6.07, 6.45) is 0.811. The Balaban J connectivity index is 1.41. The molecule has 0 saturated carbocycles. The highest BCUT2D eigenvalue weighted by Crippen LogP contribution is 2.35. The molecule has 1 aromatic heterocycles. The van der Waals surface area contributed by atoms with Crippen LogP contribution in [-0.2, 0) is 25.8 Å². The highest BCUT2D eigenvalue weighted by Gasteiger charge is 2.31. The first kappa shape index (κ1) is 24.2. The van der Waals surface area contributed by atoms with Crippen LogP contribution >= 0.6 is 11.3 Å². The molecular formula is C24H27N3O5S2. The molecule has 180 valence electrons. The summed E-state index contributed by atoms with van der Waals surface area (Å²) in [5.74, 6) is 0.0163. The van der Waals surface area contributed by atoms with Gasteiger partial charge in [-0.2, -0.15) is 0 Å². The first-order valence-electron chi connectivity index (χ1n) is 11.2. The van der Waals surface area contributed by atoms with Crippen LogP contribution in [0.3, 0.4) is 0 Å². The summed E-state index contributed by atoms with van der Waals surface area (Å²) in [5.41, 5.74) is 2.33. The Morgan fingerprint density at radius 3 is 2.74 bits per heavy atom. The number of aromatic nitrogens is 1. The quantitative estimate of drug-likeness (QED) is 0.496. The predicted molar refractivity (Wildman–Crippen MR) is 133 cm³/mol. The monoisotopic (exact) mass is 501 g/mol. The average molecular weight is 502 g/mol. The minimum atomic E-state index is -3.66. The number of fused-ring (bicyclic) bond motifs is 2. The van der Waals surface area contributed by atoms with E-state index in [0.717, 1.165) is 27.2 Å². The van der Waals surface area contributed by atoms with Gasteiger partial charge >= 0.3 is 0 Å². The summed E-state index contributed by atoms with van der Waals surface area (Å²) < 4.78 is 32.1. The maximum Gasteiger partial charge on any atom is 0.227 e. The van der Waals surface area contributed by atoms with Crippen LogP contribution in [0.5, 0.6) is 5.75 Å². The number of ether oxygens (including phenoxy) is 1. The van der Waals surface area contributed by atoms with E-state index in [4.69, 9.17) is 4.74 Å². The van der Waals surface area contributed by atoms with Crippen molar-refractivity contribution in [2.45, 2.75) is 51.0 Å². The number of anilines is 2. The molecule has 0 bridgehead atoms. The molecule has 4 rings (SSSR count). The smallest absolute Gasteiger partial charge is 0.227 e. The third kappa shape index (κ3) is 4.92. The lowest BCUT2D eigenvalue weighted by Crippen LogP contribution is -2.35. The SMILES string of the molecule is CCOc1ccc2nc(NC(=O)CCS(=O)(=O)c3ccc4c(c3)C[C@@H](C)N4C(=O)CC)sc2c1. The number of nitrogens with one attached hydrogen (secondary N) is 1. The molecule has 0 spiro atoms. The predicted octanol–water partition coefficient (Wildman–Crippen LogP) is 4.19. The fourth-order valence-corrected chi connectivity index (χ4v) is 6.29. The molecule has 2 aromatic carbocycles. The second kappa shape index (κ2) is 9.71. The van der Waals surface area contributed by atoms with E-state index in [-0.39, 0.29) is 29.0 Å². The summed E-state index contributed by atoms with van der Waals surface area (Å²) in [5, 5.41) is 3.11. The van der Waals surface area contributed by atoms with E-state index >= 15 is 0 Å². The molecule has 0 aliphatic carbocycles. The molecule has 1 atom stereocenters. The van der Waals surface area contributed by atoms with Gasteiger partial charge in [-0.1, -0.05) is 18.3 Å². The molecule has 3 aromatic rings. The van der Waals surface area contributed by atoms with E-state index in [0.29, 0.717) is 24.6 Å². The largest absolute Gasteiger partial charge is 0.494 e. The molecule has 10 heteroatoms. The van der Waals surface area contributed by atoms with Gasteiger partial charge < -0.3 is 15.0 Å². The summed E-state index contributed by atoms with van der Waals surface area (Å²) in [6.45, 7) is 6.22. The zero-order valence-corrected chi connectivity index (χ0v) is 21.0. The van der Waals surface area contributed by atoms with Gasteiger partial charge in [0.15, 0.2) is 15.0 Å². The molecule has 8 nitrogen and oxygen atoms in total. The molecule has 0 fully saturated rings. The maximum absolute atomic E-state index is 12.9. The van der Waals surface area contributed by atoms with Gasteiger partial charge in [-0.05, 0) is 62.2 Å². The van der Waals surface area contributed by atoms with Gasteiger partial charge in [-0.3, -0.25) is 9.59 Å². The highest BCUT2D eigenvalue weighted by atomic mass is 32.2. The Morgan fingerprint density at radius 2 is 2.00 bits per heavy atom. The van der Waals surface area contributed by atoms with Crippen molar-refractivity contribution in [1.82, 2.24) is 4.98 Å². The van der Waals surface area contributed by atoms with Crippen LogP contribution in [-0.4, -0.2) is 43.6 Å². The lowest BCUT2D eigenvalue weighted by molar-refractivity contribution is -0.118. The Labute approximate surface area is 202 Å². The van der Waals surface area contributed by atoms with Crippen molar-refractivity contribution in [3.63, 3.8) is 0 Å². The van der Waals surface area contributed by atoms with E-state index in [2.05, 4.69) is 10.3 Å². The van der Waals surface area contributed by atoms with E-state index in [9.17, 15) is 18.0 Å². The highest BCUT2D eigenvalue weighted by molar-refractivity contribution is 7.91. The third-order valence-electron chi connectivity index (χ3n) is 5.71. The van der Waals surface area contributed by atoms with Crippen LogP contribution in [0.25, 0.3) is 10.2 Å². The molecule has 1 N–H and O–H groups in total. The first-order chi connectivity index (χ1) is 16.2. The zero-order valence-electron chi connectivity index (χ0n) is 19.3. The molecule has 0 saturated heterocycles. The fraction of sp³-hybridized carbons (Fsp3) is 0.375. The molecule has 2 amide bonds. The number of hydrogen-bond acceptors (Lipinski definition) is 7. The van der Waals surface area contributed by atoms with Crippen molar-refractivity contribution >= 4 is 54.0 Å². The minimum absolute atomic E-state index is 0.00962. The standard InChI is InChI=1S/C24H27N3O5S2/c1-4-23(29)27-15(3)12-16-13-18(7-9-20(16)27)34(30,31)11-10-22(28)26-24-25-19-8-6-17(32-5-2)14-21(19)33-24/h6-9,13-15H,4-5,10-12H2,1-3H3,(H,25,26,28)/t15-/m1/s1. The third-order valence-corrected chi connectivity index (χ3v) is 8.36. The molecule has 1 aliphatic rings. The summed E-state index contributed by atoms with van der Waals surface area (Å²) in [4.78, 5) is 31.0. The van der Waals surface area contributed by atoms with Crippen LogP contribution < -0.4 is 15.0 Å². The van der Waals surface area contributed by atoms with E-state index in [1.165, 1.54) is 17.4 Å². The van der Waals surface area contributed by atoms with Crippen LogP contribution in [0, 0.1) is 0 Å². The number of amides is 2. The van der Waals surface area contributed by atoms with Gasteiger partial charge in [0.05, 0.1) is 27.5 Å². The lowest BCUT2D eigenvalue weighted by Gasteiger charge is -2.22. The molecule has 0 radical (unpaired) electrons. The van der Waals surface area contributed by atoms with Crippen molar-refractivity contribution in [2.75, 3.05) is 22.6 Å². The minimum Gasteiger partial charge on any atom is -0.494 e. The van der Waals surface area contributed by atoms with Crippen LogP contribution in [0.15, 0.2) is 41.3 Å².